The molecule has 2 nitrogen and oxygen atoms in total. The van der Waals surface area contributed by atoms with E-state index in [4.69, 9.17) is 4.74 Å². The van der Waals surface area contributed by atoms with Crippen molar-refractivity contribution < 1.29 is 14.2 Å². The average Bonchev–Trinajstić information content (AvgIpc) is 2.38. The summed E-state index contributed by atoms with van der Waals surface area (Å²) < 4.78 is 19.3. The molecule has 0 saturated heterocycles. The van der Waals surface area contributed by atoms with Crippen LogP contribution >= 0.6 is 0 Å². The molecule has 0 aromatic heterocycles. The standard InChI is InChI=1S/C16H25FO2/c1-4-6-7-13(5-2)11-19-14-8-9-15(12(3)18)16(17)10-14/h8-10,12-13,18H,4-7,11H2,1-3H3/t12-,13?/m0/s1. The number of unbranched alkanes of at least 4 members (excludes halogenated alkanes) is 1. The molecule has 1 N–H and O–H groups in total. The first-order chi connectivity index (χ1) is 9.08. The van der Waals surface area contributed by atoms with Gasteiger partial charge in [0.25, 0.3) is 0 Å². The fourth-order valence-corrected chi connectivity index (χ4v) is 2.05. The van der Waals surface area contributed by atoms with Crippen LogP contribution in [0.2, 0.25) is 0 Å². The van der Waals surface area contributed by atoms with Crippen molar-refractivity contribution in [3.63, 3.8) is 0 Å². The van der Waals surface area contributed by atoms with Crippen LogP contribution in [-0.2, 0) is 0 Å². The number of aliphatic hydroxyl groups is 1. The highest BCUT2D eigenvalue weighted by Crippen LogP contribution is 2.23. The van der Waals surface area contributed by atoms with Gasteiger partial charge in [-0.25, -0.2) is 4.39 Å². The Morgan fingerprint density at radius 3 is 2.58 bits per heavy atom. The van der Waals surface area contributed by atoms with Crippen molar-refractivity contribution in [3.8, 4) is 5.75 Å². The molecular weight excluding hydrogens is 243 g/mol. The van der Waals surface area contributed by atoms with E-state index in [1.165, 1.54) is 18.9 Å². The van der Waals surface area contributed by atoms with Crippen LogP contribution in [0.25, 0.3) is 0 Å². The van der Waals surface area contributed by atoms with E-state index in [9.17, 15) is 9.50 Å². The minimum Gasteiger partial charge on any atom is -0.493 e. The van der Waals surface area contributed by atoms with Gasteiger partial charge in [-0.2, -0.15) is 0 Å². The SMILES string of the molecule is CCCCC(CC)COc1ccc([C@H](C)O)c(F)c1. The Labute approximate surface area is 115 Å². The van der Waals surface area contributed by atoms with E-state index < -0.39 is 11.9 Å². The van der Waals surface area contributed by atoms with Crippen LogP contribution in [0.1, 0.15) is 58.1 Å². The summed E-state index contributed by atoms with van der Waals surface area (Å²) in [6.07, 6.45) is 3.84. The fraction of sp³-hybridized carbons (Fsp3) is 0.625. The van der Waals surface area contributed by atoms with Crippen LogP contribution < -0.4 is 4.74 Å². The number of aliphatic hydroxyl groups excluding tert-OH is 1. The molecule has 1 unspecified atom stereocenters. The Balaban J connectivity index is 2.55. The van der Waals surface area contributed by atoms with E-state index in [1.54, 1.807) is 19.1 Å². The third kappa shape index (κ3) is 5.19. The number of hydrogen-bond donors (Lipinski definition) is 1. The summed E-state index contributed by atoms with van der Waals surface area (Å²) in [4.78, 5) is 0. The first-order valence-electron chi connectivity index (χ1n) is 7.18. The predicted molar refractivity (Wildman–Crippen MR) is 75.8 cm³/mol. The van der Waals surface area contributed by atoms with Gasteiger partial charge in [0.15, 0.2) is 0 Å². The Bertz CT molecular complexity index is 377. The molecule has 108 valence electrons. The lowest BCUT2D eigenvalue weighted by Gasteiger charge is -2.16. The zero-order chi connectivity index (χ0) is 14.3. The molecule has 0 saturated carbocycles. The van der Waals surface area contributed by atoms with E-state index in [1.807, 2.05) is 0 Å². The molecule has 0 bridgehead atoms. The number of hydrogen-bond acceptors (Lipinski definition) is 2. The summed E-state index contributed by atoms with van der Waals surface area (Å²) >= 11 is 0. The molecule has 0 amide bonds. The van der Waals surface area contributed by atoms with Crippen LogP contribution in [0.3, 0.4) is 0 Å². The van der Waals surface area contributed by atoms with Crippen molar-refractivity contribution in [1.82, 2.24) is 0 Å². The topological polar surface area (TPSA) is 29.5 Å². The van der Waals surface area contributed by atoms with E-state index >= 15 is 0 Å². The van der Waals surface area contributed by atoms with Crippen molar-refractivity contribution in [1.29, 1.82) is 0 Å². The van der Waals surface area contributed by atoms with E-state index in [0.717, 1.165) is 12.8 Å². The van der Waals surface area contributed by atoms with Crippen molar-refractivity contribution in [2.45, 2.75) is 52.6 Å². The lowest BCUT2D eigenvalue weighted by molar-refractivity contribution is 0.193. The summed E-state index contributed by atoms with van der Waals surface area (Å²) in [7, 11) is 0. The van der Waals surface area contributed by atoms with Gasteiger partial charge in [0.05, 0.1) is 12.7 Å². The highest BCUT2D eigenvalue weighted by molar-refractivity contribution is 5.30. The monoisotopic (exact) mass is 268 g/mol. The van der Waals surface area contributed by atoms with Crippen molar-refractivity contribution >= 4 is 0 Å². The van der Waals surface area contributed by atoms with Gasteiger partial charge in [-0.05, 0) is 31.4 Å². The lowest BCUT2D eigenvalue weighted by atomic mass is 10.0. The normalized spacial score (nSPS) is 14.2. The lowest BCUT2D eigenvalue weighted by Crippen LogP contribution is -2.11. The summed E-state index contributed by atoms with van der Waals surface area (Å²) in [5.41, 5.74) is 0.311. The Morgan fingerprint density at radius 2 is 2.05 bits per heavy atom. The fourth-order valence-electron chi connectivity index (χ4n) is 2.05. The molecule has 1 rings (SSSR count). The van der Waals surface area contributed by atoms with Crippen LogP contribution in [0, 0.1) is 11.7 Å². The maximum Gasteiger partial charge on any atom is 0.132 e. The Morgan fingerprint density at radius 1 is 1.32 bits per heavy atom. The molecule has 0 fully saturated rings. The van der Waals surface area contributed by atoms with Crippen molar-refractivity contribution in [2.24, 2.45) is 5.92 Å². The van der Waals surface area contributed by atoms with E-state index in [2.05, 4.69) is 13.8 Å². The van der Waals surface area contributed by atoms with Gasteiger partial charge < -0.3 is 9.84 Å². The highest BCUT2D eigenvalue weighted by atomic mass is 19.1. The first-order valence-corrected chi connectivity index (χ1v) is 7.18. The number of ether oxygens (including phenoxy) is 1. The van der Waals surface area contributed by atoms with Crippen LogP contribution in [0.4, 0.5) is 4.39 Å². The van der Waals surface area contributed by atoms with Gasteiger partial charge in [-0.3, -0.25) is 0 Å². The van der Waals surface area contributed by atoms with Crippen LogP contribution in [0.5, 0.6) is 5.75 Å². The molecule has 0 radical (unpaired) electrons. The maximum atomic E-state index is 13.7. The third-order valence-electron chi connectivity index (χ3n) is 3.45. The van der Waals surface area contributed by atoms with Gasteiger partial charge >= 0.3 is 0 Å². The second kappa shape index (κ2) is 8.16. The third-order valence-corrected chi connectivity index (χ3v) is 3.45. The van der Waals surface area contributed by atoms with Crippen molar-refractivity contribution in [3.05, 3.63) is 29.6 Å². The molecule has 2 atom stereocenters. The first kappa shape index (κ1) is 16.0. The predicted octanol–water partition coefficient (Wildman–Crippen LogP) is 4.47. The molecule has 1 aromatic carbocycles. The highest BCUT2D eigenvalue weighted by Gasteiger charge is 2.11. The molecule has 0 aliphatic carbocycles. The maximum absolute atomic E-state index is 13.7. The van der Waals surface area contributed by atoms with Crippen LogP contribution in [-0.4, -0.2) is 11.7 Å². The van der Waals surface area contributed by atoms with E-state index in [0.29, 0.717) is 23.8 Å². The summed E-state index contributed by atoms with van der Waals surface area (Å²) in [5.74, 6) is 0.658. The molecule has 19 heavy (non-hydrogen) atoms. The number of rotatable bonds is 8. The molecular formula is C16H25FO2. The molecule has 0 spiro atoms. The smallest absolute Gasteiger partial charge is 0.132 e. The molecule has 0 aliphatic heterocycles. The number of benzene rings is 1. The Kier molecular flexibility index (Phi) is 6.85. The molecule has 3 heteroatoms. The minimum atomic E-state index is -0.790. The molecule has 1 aromatic rings. The van der Waals surface area contributed by atoms with Gasteiger partial charge in [0.2, 0.25) is 0 Å². The second-order valence-electron chi connectivity index (χ2n) is 5.09. The van der Waals surface area contributed by atoms with Gasteiger partial charge in [-0.15, -0.1) is 0 Å². The quantitative estimate of drug-likeness (QED) is 0.753. The Hall–Kier alpha value is -1.09. The average molecular weight is 268 g/mol. The number of halogens is 1. The largest absolute Gasteiger partial charge is 0.493 e. The van der Waals surface area contributed by atoms with Crippen LogP contribution in [0.15, 0.2) is 18.2 Å². The zero-order valence-electron chi connectivity index (χ0n) is 12.2. The van der Waals surface area contributed by atoms with Gasteiger partial charge in [0.1, 0.15) is 11.6 Å². The van der Waals surface area contributed by atoms with Gasteiger partial charge in [-0.1, -0.05) is 33.1 Å². The second-order valence-corrected chi connectivity index (χ2v) is 5.09. The summed E-state index contributed by atoms with van der Waals surface area (Å²) in [6, 6.07) is 4.66. The molecule has 0 heterocycles. The van der Waals surface area contributed by atoms with Crippen molar-refractivity contribution in [2.75, 3.05) is 6.61 Å². The molecule has 0 aliphatic rings. The van der Waals surface area contributed by atoms with E-state index in [-0.39, 0.29) is 0 Å². The summed E-state index contributed by atoms with van der Waals surface area (Å²) in [6.45, 7) is 6.51. The summed E-state index contributed by atoms with van der Waals surface area (Å²) in [5, 5.41) is 9.37. The minimum absolute atomic E-state index is 0.311. The van der Waals surface area contributed by atoms with Gasteiger partial charge in [0, 0.05) is 11.6 Å². The zero-order valence-corrected chi connectivity index (χ0v) is 12.2.